The Morgan fingerprint density at radius 2 is 2.24 bits per heavy atom. The van der Waals surface area contributed by atoms with Crippen LogP contribution in [0.5, 0.6) is 0 Å². The maximum atomic E-state index is 5.74. The summed E-state index contributed by atoms with van der Waals surface area (Å²) in [7, 11) is 0. The Labute approximate surface area is 116 Å². The van der Waals surface area contributed by atoms with E-state index < -0.39 is 0 Å². The maximum absolute atomic E-state index is 5.74. The summed E-state index contributed by atoms with van der Waals surface area (Å²) in [5, 5.41) is 3.49. The SMILES string of the molecule is CCC1(CNc2ccc(Br)cc2C(N)=S)CC1. The summed E-state index contributed by atoms with van der Waals surface area (Å²) in [4.78, 5) is 0.440. The summed E-state index contributed by atoms with van der Waals surface area (Å²) >= 11 is 8.52. The van der Waals surface area contributed by atoms with Crippen molar-refractivity contribution < 1.29 is 0 Å². The third-order valence-electron chi connectivity index (χ3n) is 3.61. The molecule has 0 aromatic heterocycles. The van der Waals surface area contributed by atoms with Crippen LogP contribution in [-0.4, -0.2) is 11.5 Å². The van der Waals surface area contributed by atoms with E-state index >= 15 is 0 Å². The molecule has 0 unspecified atom stereocenters. The molecule has 0 heterocycles. The number of anilines is 1. The van der Waals surface area contributed by atoms with Crippen molar-refractivity contribution in [2.45, 2.75) is 26.2 Å². The largest absolute Gasteiger partial charge is 0.389 e. The molecular formula is C13H17BrN2S. The van der Waals surface area contributed by atoms with Crippen molar-refractivity contribution in [3.05, 3.63) is 28.2 Å². The van der Waals surface area contributed by atoms with Crippen LogP contribution >= 0.6 is 28.1 Å². The number of thiocarbonyl (C=S) groups is 1. The Hall–Kier alpha value is -0.610. The van der Waals surface area contributed by atoms with Crippen LogP contribution in [0.4, 0.5) is 5.69 Å². The predicted molar refractivity (Wildman–Crippen MR) is 80.5 cm³/mol. The molecule has 1 aliphatic rings. The zero-order chi connectivity index (χ0) is 12.5. The molecule has 1 aromatic rings. The Morgan fingerprint density at radius 1 is 1.53 bits per heavy atom. The van der Waals surface area contributed by atoms with Crippen molar-refractivity contribution in [2.24, 2.45) is 11.1 Å². The Kier molecular flexibility index (Phi) is 3.73. The van der Waals surface area contributed by atoms with Gasteiger partial charge in [0.15, 0.2) is 0 Å². The minimum Gasteiger partial charge on any atom is -0.389 e. The lowest BCUT2D eigenvalue weighted by Gasteiger charge is -2.17. The summed E-state index contributed by atoms with van der Waals surface area (Å²) in [6.45, 7) is 3.27. The van der Waals surface area contributed by atoms with Gasteiger partial charge in [-0.1, -0.05) is 35.1 Å². The zero-order valence-electron chi connectivity index (χ0n) is 9.92. The molecule has 0 aliphatic heterocycles. The van der Waals surface area contributed by atoms with E-state index in [9.17, 15) is 0 Å². The lowest BCUT2D eigenvalue weighted by atomic mass is 10.0. The molecule has 1 aromatic carbocycles. The lowest BCUT2D eigenvalue weighted by molar-refractivity contribution is 0.521. The number of halogens is 1. The molecule has 2 rings (SSSR count). The molecule has 17 heavy (non-hydrogen) atoms. The second-order valence-corrected chi connectivity index (χ2v) is 6.12. The Balaban J connectivity index is 2.12. The molecule has 2 nitrogen and oxygen atoms in total. The molecule has 92 valence electrons. The minimum absolute atomic E-state index is 0.440. The zero-order valence-corrected chi connectivity index (χ0v) is 12.3. The standard InChI is InChI=1S/C13H17BrN2S/c1-2-13(5-6-13)8-16-11-4-3-9(14)7-10(11)12(15)17/h3-4,7,16H,2,5-6,8H2,1H3,(H2,15,17). The van der Waals surface area contributed by atoms with Gasteiger partial charge in [0.05, 0.1) is 0 Å². The van der Waals surface area contributed by atoms with E-state index in [4.69, 9.17) is 18.0 Å². The molecule has 0 spiro atoms. The summed E-state index contributed by atoms with van der Waals surface area (Å²) in [5.74, 6) is 0. The lowest BCUT2D eigenvalue weighted by Crippen LogP contribution is -2.18. The van der Waals surface area contributed by atoms with Crippen molar-refractivity contribution in [3.8, 4) is 0 Å². The molecule has 0 atom stereocenters. The van der Waals surface area contributed by atoms with Crippen molar-refractivity contribution in [1.82, 2.24) is 0 Å². The van der Waals surface area contributed by atoms with Gasteiger partial charge < -0.3 is 11.1 Å². The van der Waals surface area contributed by atoms with E-state index in [1.54, 1.807) is 0 Å². The van der Waals surface area contributed by atoms with Crippen LogP contribution < -0.4 is 11.1 Å². The van der Waals surface area contributed by atoms with Gasteiger partial charge in [-0.3, -0.25) is 0 Å². The number of nitrogens with two attached hydrogens (primary N) is 1. The molecule has 3 N–H and O–H groups in total. The monoisotopic (exact) mass is 312 g/mol. The van der Waals surface area contributed by atoms with E-state index in [0.717, 1.165) is 22.3 Å². The molecule has 4 heteroatoms. The van der Waals surface area contributed by atoms with Gasteiger partial charge in [0.2, 0.25) is 0 Å². The third-order valence-corrected chi connectivity index (χ3v) is 4.32. The predicted octanol–water partition coefficient (Wildman–Crippen LogP) is 3.69. The molecule has 1 aliphatic carbocycles. The summed E-state index contributed by atoms with van der Waals surface area (Å²) in [5.41, 5.74) is 8.22. The third kappa shape index (κ3) is 2.99. The highest BCUT2D eigenvalue weighted by Crippen LogP contribution is 2.48. The first kappa shape index (κ1) is 12.8. The first-order valence-electron chi connectivity index (χ1n) is 5.89. The summed E-state index contributed by atoms with van der Waals surface area (Å²) in [6.07, 6.45) is 3.89. The highest BCUT2D eigenvalue weighted by atomic mass is 79.9. The van der Waals surface area contributed by atoms with E-state index in [1.165, 1.54) is 19.3 Å². The number of benzene rings is 1. The normalized spacial score (nSPS) is 16.6. The van der Waals surface area contributed by atoms with Crippen molar-refractivity contribution in [2.75, 3.05) is 11.9 Å². The van der Waals surface area contributed by atoms with Crippen molar-refractivity contribution >= 4 is 38.8 Å². The van der Waals surface area contributed by atoms with Gasteiger partial charge in [0.1, 0.15) is 4.99 Å². The number of hydrogen-bond donors (Lipinski definition) is 2. The fourth-order valence-corrected chi connectivity index (χ4v) is 2.52. The fourth-order valence-electron chi connectivity index (χ4n) is 1.99. The van der Waals surface area contributed by atoms with Gasteiger partial charge >= 0.3 is 0 Å². The molecule has 0 amide bonds. The molecule has 0 bridgehead atoms. The average molecular weight is 313 g/mol. The van der Waals surface area contributed by atoms with Gasteiger partial charge in [-0.25, -0.2) is 0 Å². The summed E-state index contributed by atoms with van der Waals surface area (Å²) < 4.78 is 1.00. The number of hydrogen-bond acceptors (Lipinski definition) is 2. The van der Waals surface area contributed by atoms with Crippen LogP contribution in [-0.2, 0) is 0 Å². The second kappa shape index (κ2) is 4.94. The van der Waals surface area contributed by atoms with Crippen LogP contribution in [0.15, 0.2) is 22.7 Å². The van der Waals surface area contributed by atoms with Gasteiger partial charge in [-0.15, -0.1) is 0 Å². The van der Waals surface area contributed by atoms with Gasteiger partial charge in [0.25, 0.3) is 0 Å². The van der Waals surface area contributed by atoms with Crippen LogP contribution in [0.25, 0.3) is 0 Å². The highest BCUT2D eigenvalue weighted by Gasteiger charge is 2.40. The Bertz CT molecular complexity index is 441. The van der Waals surface area contributed by atoms with E-state index in [2.05, 4.69) is 28.2 Å². The van der Waals surface area contributed by atoms with Crippen LogP contribution in [0.3, 0.4) is 0 Å². The van der Waals surface area contributed by atoms with Gasteiger partial charge in [0, 0.05) is 22.3 Å². The van der Waals surface area contributed by atoms with E-state index in [-0.39, 0.29) is 0 Å². The first-order valence-corrected chi connectivity index (χ1v) is 7.10. The number of nitrogens with one attached hydrogen (secondary N) is 1. The van der Waals surface area contributed by atoms with Crippen LogP contribution in [0, 0.1) is 5.41 Å². The van der Waals surface area contributed by atoms with E-state index in [0.29, 0.717) is 10.4 Å². The first-order chi connectivity index (χ1) is 8.06. The topological polar surface area (TPSA) is 38.0 Å². The second-order valence-electron chi connectivity index (χ2n) is 4.76. The quantitative estimate of drug-likeness (QED) is 0.814. The Morgan fingerprint density at radius 3 is 2.76 bits per heavy atom. The smallest absolute Gasteiger partial charge is 0.106 e. The van der Waals surface area contributed by atoms with E-state index in [1.807, 2.05) is 18.2 Å². The highest BCUT2D eigenvalue weighted by molar-refractivity contribution is 9.10. The van der Waals surface area contributed by atoms with Gasteiger partial charge in [-0.05, 0) is 42.9 Å². The fraction of sp³-hybridized carbons (Fsp3) is 0.462. The molecule has 0 saturated heterocycles. The molecule has 1 saturated carbocycles. The van der Waals surface area contributed by atoms with Crippen LogP contribution in [0.1, 0.15) is 31.7 Å². The molecular weight excluding hydrogens is 296 g/mol. The minimum atomic E-state index is 0.440. The average Bonchev–Trinajstić information content (AvgIpc) is 3.08. The maximum Gasteiger partial charge on any atom is 0.106 e. The molecule has 0 radical (unpaired) electrons. The molecule has 1 fully saturated rings. The number of rotatable bonds is 5. The van der Waals surface area contributed by atoms with Crippen molar-refractivity contribution in [3.63, 3.8) is 0 Å². The van der Waals surface area contributed by atoms with Crippen LogP contribution in [0.2, 0.25) is 0 Å². The van der Waals surface area contributed by atoms with Crippen molar-refractivity contribution in [1.29, 1.82) is 0 Å². The van der Waals surface area contributed by atoms with Gasteiger partial charge in [-0.2, -0.15) is 0 Å². The summed E-state index contributed by atoms with van der Waals surface area (Å²) in [6, 6.07) is 6.01.